The number of carbonyl (C=O) groups excluding carboxylic acids is 1. The summed E-state index contributed by atoms with van der Waals surface area (Å²) in [5.41, 5.74) is 1.35. The molecule has 1 amide bonds. The van der Waals surface area contributed by atoms with Crippen molar-refractivity contribution in [3.05, 3.63) is 29.6 Å². The Morgan fingerprint density at radius 1 is 1.47 bits per heavy atom. The maximum absolute atomic E-state index is 13.2. The number of anilines is 1. The molecular weight excluding hydrogens is 219 g/mol. The van der Waals surface area contributed by atoms with Gasteiger partial charge in [-0.15, -0.1) is 0 Å². The van der Waals surface area contributed by atoms with Crippen LogP contribution < -0.4 is 10.6 Å². The molecule has 1 aliphatic heterocycles. The predicted molar refractivity (Wildman–Crippen MR) is 65.4 cm³/mol. The van der Waals surface area contributed by atoms with E-state index in [0.29, 0.717) is 12.2 Å². The second kappa shape index (κ2) is 5.27. The van der Waals surface area contributed by atoms with E-state index in [1.54, 1.807) is 13.0 Å². The maximum Gasteiger partial charge on any atom is 0.228 e. The minimum absolute atomic E-state index is 0.00711. The van der Waals surface area contributed by atoms with Gasteiger partial charge in [0.15, 0.2) is 0 Å². The van der Waals surface area contributed by atoms with E-state index in [-0.39, 0.29) is 17.6 Å². The predicted octanol–water partition coefficient (Wildman–Crippen LogP) is 2.07. The van der Waals surface area contributed by atoms with E-state index in [4.69, 9.17) is 0 Å². The van der Waals surface area contributed by atoms with Crippen molar-refractivity contribution in [2.45, 2.75) is 19.8 Å². The van der Waals surface area contributed by atoms with Crippen LogP contribution in [0.3, 0.4) is 0 Å². The molecule has 1 atom stereocenters. The molecule has 4 heteroatoms. The summed E-state index contributed by atoms with van der Waals surface area (Å²) in [7, 11) is 0. The molecular formula is C13H17FN2O. The smallest absolute Gasteiger partial charge is 0.228 e. The van der Waals surface area contributed by atoms with E-state index in [1.807, 2.05) is 0 Å². The highest BCUT2D eigenvalue weighted by atomic mass is 19.1. The van der Waals surface area contributed by atoms with E-state index in [1.165, 1.54) is 12.1 Å². The molecule has 1 fully saturated rings. The summed E-state index contributed by atoms with van der Waals surface area (Å²) in [6, 6.07) is 4.57. The number of carbonyl (C=O) groups is 1. The summed E-state index contributed by atoms with van der Waals surface area (Å²) in [4.78, 5) is 11.9. The number of piperidine rings is 1. The van der Waals surface area contributed by atoms with Crippen LogP contribution in [0, 0.1) is 18.7 Å². The molecule has 0 aromatic heterocycles. The fourth-order valence-electron chi connectivity index (χ4n) is 2.13. The molecule has 17 heavy (non-hydrogen) atoms. The standard InChI is InChI=1S/C13H17FN2O/c1-9-5-11(14)7-12(6-9)16-13(17)10-3-2-4-15-8-10/h5-7,10,15H,2-4,8H2,1H3,(H,16,17)/t10-/m1/s1. The van der Waals surface area contributed by atoms with Gasteiger partial charge in [0.1, 0.15) is 5.82 Å². The highest BCUT2D eigenvalue weighted by Crippen LogP contribution is 2.16. The molecule has 0 unspecified atom stereocenters. The number of amides is 1. The van der Waals surface area contributed by atoms with Crippen LogP contribution in [0.2, 0.25) is 0 Å². The number of hydrogen-bond acceptors (Lipinski definition) is 2. The van der Waals surface area contributed by atoms with E-state index in [0.717, 1.165) is 24.9 Å². The number of rotatable bonds is 2. The Morgan fingerprint density at radius 2 is 2.29 bits per heavy atom. The zero-order chi connectivity index (χ0) is 12.3. The monoisotopic (exact) mass is 236 g/mol. The Hall–Kier alpha value is -1.42. The van der Waals surface area contributed by atoms with Crippen LogP contribution in [0.15, 0.2) is 18.2 Å². The zero-order valence-electron chi connectivity index (χ0n) is 9.92. The highest BCUT2D eigenvalue weighted by Gasteiger charge is 2.20. The van der Waals surface area contributed by atoms with E-state index >= 15 is 0 Å². The van der Waals surface area contributed by atoms with Crippen molar-refractivity contribution in [3.63, 3.8) is 0 Å². The van der Waals surface area contributed by atoms with Gasteiger partial charge in [-0.3, -0.25) is 4.79 Å². The molecule has 2 rings (SSSR count). The third kappa shape index (κ3) is 3.27. The number of aryl methyl sites for hydroxylation is 1. The second-order valence-corrected chi connectivity index (χ2v) is 4.55. The molecule has 92 valence electrons. The van der Waals surface area contributed by atoms with Crippen molar-refractivity contribution in [2.24, 2.45) is 5.92 Å². The summed E-state index contributed by atoms with van der Waals surface area (Å²) in [5.74, 6) is -0.350. The van der Waals surface area contributed by atoms with Crippen molar-refractivity contribution < 1.29 is 9.18 Å². The van der Waals surface area contributed by atoms with Gasteiger partial charge in [-0.05, 0) is 50.1 Å². The lowest BCUT2D eigenvalue weighted by Gasteiger charge is -2.21. The van der Waals surface area contributed by atoms with Crippen LogP contribution in [0.4, 0.5) is 10.1 Å². The molecule has 1 heterocycles. The normalized spacial score (nSPS) is 20.0. The van der Waals surface area contributed by atoms with Gasteiger partial charge in [0.05, 0.1) is 5.92 Å². The Kier molecular flexibility index (Phi) is 3.74. The van der Waals surface area contributed by atoms with Crippen molar-refractivity contribution in [1.29, 1.82) is 0 Å². The average Bonchev–Trinajstić information content (AvgIpc) is 2.28. The second-order valence-electron chi connectivity index (χ2n) is 4.55. The minimum atomic E-state index is -0.318. The van der Waals surface area contributed by atoms with E-state index < -0.39 is 0 Å². The topological polar surface area (TPSA) is 41.1 Å². The van der Waals surface area contributed by atoms with Crippen molar-refractivity contribution in [3.8, 4) is 0 Å². The molecule has 3 nitrogen and oxygen atoms in total. The molecule has 1 aromatic carbocycles. The lowest BCUT2D eigenvalue weighted by atomic mass is 9.99. The molecule has 0 radical (unpaired) electrons. The number of nitrogens with one attached hydrogen (secondary N) is 2. The lowest BCUT2D eigenvalue weighted by Crippen LogP contribution is -2.37. The zero-order valence-corrected chi connectivity index (χ0v) is 9.92. The van der Waals surface area contributed by atoms with Gasteiger partial charge in [-0.25, -0.2) is 4.39 Å². The fourth-order valence-corrected chi connectivity index (χ4v) is 2.13. The first kappa shape index (κ1) is 12.0. The maximum atomic E-state index is 13.2. The van der Waals surface area contributed by atoms with Crippen LogP contribution in [-0.4, -0.2) is 19.0 Å². The summed E-state index contributed by atoms with van der Waals surface area (Å²) >= 11 is 0. The molecule has 2 N–H and O–H groups in total. The number of benzene rings is 1. The molecule has 0 bridgehead atoms. The summed E-state index contributed by atoms with van der Waals surface area (Å²) in [5, 5.41) is 5.96. The van der Waals surface area contributed by atoms with Crippen LogP contribution in [0.1, 0.15) is 18.4 Å². The number of hydrogen-bond donors (Lipinski definition) is 2. The van der Waals surface area contributed by atoms with Crippen molar-refractivity contribution in [1.82, 2.24) is 5.32 Å². The first-order chi connectivity index (χ1) is 8.15. The third-order valence-electron chi connectivity index (χ3n) is 2.98. The highest BCUT2D eigenvalue weighted by molar-refractivity contribution is 5.92. The van der Waals surface area contributed by atoms with Crippen LogP contribution in [-0.2, 0) is 4.79 Å². The molecule has 1 aromatic rings. The van der Waals surface area contributed by atoms with Gasteiger partial charge < -0.3 is 10.6 Å². The van der Waals surface area contributed by atoms with Gasteiger partial charge in [-0.1, -0.05) is 0 Å². The molecule has 1 saturated heterocycles. The quantitative estimate of drug-likeness (QED) is 0.825. The minimum Gasteiger partial charge on any atom is -0.326 e. The summed E-state index contributed by atoms with van der Waals surface area (Å²) < 4.78 is 13.2. The van der Waals surface area contributed by atoms with Crippen molar-refractivity contribution >= 4 is 11.6 Å². The van der Waals surface area contributed by atoms with Gasteiger partial charge in [0.25, 0.3) is 0 Å². The van der Waals surface area contributed by atoms with E-state index in [2.05, 4.69) is 10.6 Å². The van der Waals surface area contributed by atoms with Crippen LogP contribution in [0.25, 0.3) is 0 Å². The van der Waals surface area contributed by atoms with Gasteiger partial charge in [-0.2, -0.15) is 0 Å². The summed E-state index contributed by atoms with van der Waals surface area (Å²) in [6.07, 6.45) is 1.91. The van der Waals surface area contributed by atoms with E-state index in [9.17, 15) is 9.18 Å². The molecule has 0 spiro atoms. The summed E-state index contributed by atoms with van der Waals surface area (Å²) in [6.45, 7) is 3.49. The Morgan fingerprint density at radius 3 is 2.94 bits per heavy atom. The third-order valence-corrected chi connectivity index (χ3v) is 2.98. The van der Waals surface area contributed by atoms with Crippen LogP contribution in [0.5, 0.6) is 0 Å². The Bertz CT molecular complexity index is 394. The first-order valence-corrected chi connectivity index (χ1v) is 5.94. The average molecular weight is 236 g/mol. The number of halogens is 1. The molecule has 1 aliphatic rings. The Balaban J connectivity index is 2.01. The Labute approximate surface area is 100 Å². The molecule has 0 aliphatic carbocycles. The van der Waals surface area contributed by atoms with Crippen molar-refractivity contribution in [2.75, 3.05) is 18.4 Å². The first-order valence-electron chi connectivity index (χ1n) is 5.94. The van der Waals surface area contributed by atoms with Gasteiger partial charge >= 0.3 is 0 Å². The van der Waals surface area contributed by atoms with Gasteiger partial charge in [0, 0.05) is 12.2 Å². The van der Waals surface area contributed by atoms with Gasteiger partial charge in [0.2, 0.25) is 5.91 Å². The molecule has 0 saturated carbocycles. The SMILES string of the molecule is Cc1cc(F)cc(NC(=O)[C@@H]2CCCNC2)c1. The largest absolute Gasteiger partial charge is 0.326 e. The van der Waals surface area contributed by atoms with Crippen LogP contribution >= 0.6 is 0 Å². The lowest BCUT2D eigenvalue weighted by molar-refractivity contribution is -0.120. The fraction of sp³-hybridized carbons (Fsp3) is 0.462.